The van der Waals surface area contributed by atoms with E-state index in [1.165, 1.54) is 12.1 Å². The smallest absolute Gasteiger partial charge is 0.325 e. The van der Waals surface area contributed by atoms with Crippen LogP contribution in [0.5, 0.6) is 0 Å². The van der Waals surface area contributed by atoms with E-state index >= 15 is 0 Å². The van der Waals surface area contributed by atoms with Crippen molar-refractivity contribution >= 4 is 21.4 Å². The molecule has 5 nitrogen and oxygen atoms in total. The summed E-state index contributed by atoms with van der Waals surface area (Å²) >= 11 is 0. The Bertz CT molecular complexity index is 883. The topological polar surface area (TPSA) is 66.5 Å². The van der Waals surface area contributed by atoms with Crippen molar-refractivity contribution in [2.24, 2.45) is 0 Å². The molecule has 0 saturated heterocycles. The Morgan fingerprint density at radius 1 is 1.07 bits per heavy atom. The summed E-state index contributed by atoms with van der Waals surface area (Å²) in [4.78, 5) is 14.0. The molecule has 2 aromatic carbocycles. The van der Waals surface area contributed by atoms with Gasteiger partial charge in [0, 0.05) is 18.3 Å². The van der Waals surface area contributed by atoms with Crippen molar-refractivity contribution in [3.63, 3.8) is 0 Å². The van der Waals surface area contributed by atoms with Gasteiger partial charge in [-0.1, -0.05) is 30.3 Å². The monoisotopic (exact) mass is 394 g/mol. The van der Waals surface area contributed by atoms with E-state index < -0.39 is 20.5 Å². The lowest BCUT2D eigenvalue weighted by molar-refractivity contribution is -0.117. The second kappa shape index (κ2) is 8.14. The van der Waals surface area contributed by atoms with Crippen LogP contribution in [0.4, 0.5) is 14.5 Å². The van der Waals surface area contributed by atoms with E-state index in [0.717, 1.165) is 30.5 Å². The third kappa shape index (κ3) is 5.11. The predicted octanol–water partition coefficient (Wildman–Crippen LogP) is 3.29. The standard InChI is InChI=1S/C19H20F2N2O3S/c20-19(21)27(25,26)17-10-6-15(7-11-17)22-18(24)13-23(16-8-9-16)12-14-4-2-1-3-5-14/h1-7,10-11,16,19H,8-9,12-13H2,(H,22,24). The van der Waals surface area contributed by atoms with Crippen LogP contribution in [0.25, 0.3) is 0 Å². The molecule has 0 spiro atoms. The van der Waals surface area contributed by atoms with Gasteiger partial charge in [-0.3, -0.25) is 9.69 Å². The van der Waals surface area contributed by atoms with Crippen molar-refractivity contribution in [2.45, 2.75) is 36.1 Å². The van der Waals surface area contributed by atoms with Gasteiger partial charge >= 0.3 is 5.76 Å². The molecule has 0 unspecified atom stereocenters. The summed E-state index contributed by atoms with van der Waals surface area (Å²) in [5.74, 6) is -3.70. The number of nitrogens with zero attached hydrogens (tertiary/aromatic N) is 1. The second-order valence-corrected chi connectivity index (χ2v) is 8.42. The van der Waals surface area contributed by atoms with Crippen LogP contribution in [-0.4, -0.2) is 37.6 Å². The molecular weight excluding hydrogens is 374 g/mol. The molecule has 1 aliphatic carbocycles. The minimum atomic E-state index is -4.63. The molecule has 27 heavy (non-hydrogen) atoms. The molecule has 0 aliphatic heterocycles. The van der Waals surface area contributed by atoms with Crippen LogP contribution in [0, 0.1) is 0 Å². The van der Waals surface area contributed by atoms with Crippen molar-refractivity contribution in [3.05, 3.63) is 60.2 Å². The molecule has 0 aromatic heterocycles. The zero-order chi connectivity index (χ0) is 19.4. The summed E-state index contributed by atoms with van der Waals surface area (Å²) in [6, 6.07) is 15.0. The van der Waals surface area contributed by atoms with Crippen LogP contribution >= 0.6 is 0 Å². The van der Waals surface area contributed by atoms with Gasteiger partial charge in [0.2, 0.25) is 15.7 Å². The van der Waals surface area contributed by atoms with Crippen molar-refractivity contribution in [1.29, 1.82) is 0 Å². The molecule has 1 aliphatic rings. The Morgan fingerprint density at radius 2 is 1.70 bits per heavy atom. The summed E-state index contributed by atoms with van der Waals surface area (Å²) < 4.78 is 47.9. The van der Waals surface area contributed by atoms with E-state index in [2.05, 4.69) is 10.2 Å². The third-order valence-electron chi connectivity index (χ3n) is 4.34. The third-order valence-corrected chi connectivity index (χ3v) is 5.74. The van der Waals surface area contributed by atoms with E-state index in [4.69, 9.17) is 0 Å². The Kier molecular flexibility index (Phi) is 5.86. The quantitative estimate of drug-likeness (QED) is 0.746. The fourth-order valence-corrected chi connectivity index (χ4v) is 3.51. The summed E-state index contributed by atoms with van der Waals surface area (Å²) in [5, 5.41) is 2.69. The van der Waals surface area contributed by atoms with Crippen LogP contribution in [-0.2, 0) is 21.2 Å². The lowest BCUT2D eigenvalue weighted by Gasteiger charge is -2.21. The number of sulfone groups is 1. The van der Waals surface area contributed by atoms with Crippen molar-refractivity contribution < 1.29 is 22.0 Å². The van der Waals surface area contributed by atoms with Gasteiger partial charge in [-0.05, 0) is 42.7 Å². The number of hydrogen-bond acceptors (Lipinski definition) is 4. The molecule has 0 atom stereocenters. The van der Waals surface area contributed by atoms with E-state index in [1.54, 1.807) is 0 Å². The van der Waals surface area contributed by atoms with Gasteiger partial charge in [-0.15, -0.1) is 0 Å². The lowest BCUT2D eigenvalue weighted by atomic mass is 10.2. The molecular formula is C19H20F2N2O3S. The highest BCUT2D eigenvalue weighted by Gasteiger charge is 2.30. The molecule has 144 valence electrons. The molecule has 1 N–H and O–H groups in total. The molecule has 0 heterocycles. The van der Waals surface area contributed by atoms with E-state index in [0.29, 0.717) is 18.3 Å². The molecule has 3 rings (SSSR count). The van der Waals surface area contributed by atoms with Gasteiger partial charge < -0.3 is 5.32 Å². The molecule has 0 bridgehead atoms. The molecule has 8 heteroatoms. The number of benzene rings is 2. The van der Waals surface area contributed by atoms with E-state index in [-0.39, 0.29) is 12.5 Å². The van der Waals surface area contributed by atoms with E-state index in [1.807, 2.05) is 30.3 Å². The van der Waals surface area contributed by atoms with Crippen molar-refractivity contribution in [1.82, 2.24) is 4.90 Å². The average Bonchev–Trinajstić information content (AvgIpc) is 3.47. The Hall–Kier alpha value is -2.32. The zero-order valence-corrected chi connectivity index (χ0v) is 15.3. The van der Waals surface area contributed by atoms with Crippen LogP contribution < -0.4 is 5.32 Å². The Morgan fingerprint density at radius 3 is 2.26 bits per heavy atom. The highest BCUT2D eigenvalue weighted by molar-refractivity contribution is 7.91. The predicted molar refractivity (Wildman–Crippen MR) is 98.1 cm³/mol. The zero-order valence-electron chi connectivity index (χ0n) is 14.5. The minimum Gasteiger partial charge on any atom is -0.325 e. The highest BCUT2D eigenvalue weighted by atomic mass is 32.2. The number of rotatable bonds is 8. The van der Waals surface area contributed by atoms with Gasteiger partial charge in [0.1, 0.15) is 0 Å². The molecule has 0 radical (unpaired) electrons. The maximum absolute atomic E-state index is 12.5. The van der Waals surface area contributed by atoms with Crippen LogP contribution in [0.3, 0.4) is 0 Å². The summed E-state index contributed by atoms with van der Waals surface area (Å²) in [6.45, 7) is 0.876. The number of alkyl halides is 2. The Balaban J connectivity index is 1.61. The van der Waals surface area contributed by atoms with Gasteiger partial charge in [0.25, 0.3) is 0 Å². The van der Waals surface area contributed by atoms with Gasteiger partial charge in [-0.2, -0.15) is 8.78 Å². The van der Waals surface area contributed by atoms with Gasteiger partial charge in [-0.25, -0.2) is 8.42 Å². The number of hydrogen-bond donors (Lipinski definition) is 1. The highest BCUT2D eigenvalue weighted by Crippen LogP contribution is 2.28. The fourth-order valence-electron chi connectivity index (χ4n) is 2.79. The minimum absolute atomic E-state index is 0.205. The van der Waals surface area contributed by atoms with Crippen molar-refractivity contribution in [2.75, 3.05) is 11.9 Å². The van der Waals surface area contributed by atoms with Crippen LogP contribution in [0.2, 0.25) is 0 Å². The first kappa shape index (κ1) is 19.4. The van der Waals surface area contributed by atoms with Gasteiger partial charge in [0.15, 0.2) is 0 Å². The SMILES string of the molecule is O=C(CN(Cc1ccccc1)C1CC1)Nc1ccc(S(=O)(=O)C(F)F)cc1. The molecule has 1 fully saturated rings. The largest absolute Gasteiger partial charge is 0.341 e. The first-order valence-corrected chi connectivity index (χ1v) is 10.1. The average molecular weight is 394 g/mol. The second-order valence-electron chi connectivity index (χ2n) is 6.50. The maximum Gasteiger partial charge on any atom is 0.341 e. The molecule has 2 aromatic rings. The fraction of sp³-hybridized carbons (Fsp3) is 0.316. The summed E-state index contributed by atoms with van der Waals surface area (Å²) in [6.07, 6.45) is 2.11. The first-order valence-electron chi connectivity index (χ1n) is 8.56. The van der Waals surface area contributed by atoms with Crippen LogP contribution in [0.15, 0.2) is 59.5 Å². The maximum atomic E-state index is 12.5. The van der Waals surface area contributed by atoms with Crippen molar-refractivity contribution in [3.8, 4) is 0 Å². The van der Waals surface area contributed by atoms with Gasteiger partial charge in [0.05, 0.1) is 11.4 Å². The number of nitrogens with one attached hydrogen (secondary N) is 1. The Labute approximate surface area is 156 Å². The number of carbonyl (C=O) groups is 1. The number of halogens is 2. The number of carbonyl (C=O) groups excluding carboxylic acids is 1. The number of anilines is 1. The lowest BCUT2D eigenvalue weighted by Crippen LogP contribution is -2.34. The first-order chi connectivity index (χ1) is 12.9. The summed E-state index contributed by atoms with van der Waals surface area (Å²) in [7, 11) is -4.63. The number of amides is 1. The molecule has 1 saturated carbocycles. The molecule has 1 amide bonds. The van der Waals surface area contributed by atoms with Crippen LogP contribution in [0.1, 0.15) is 18.4 Å². The summed E-state index contributed by atoms with van der Waals surface area (Å²) in [5.41, 5.74) is 1.49. The normalized spacial score (nSPS) is 14.5. The van der Waals surface area contributed by atoms with E-state index in [9.17, 15) is 22.0 Å².